The third kappa shape index (κ3) is 5.81. The van der Waals surface area contributed by atoms with E-state index in [0.29, 0.717) is 19.0 Å². The van der Waals surface area contributed by atoms with E-state index in [2.05, 4.69) is 5.92 Å². The molecule has 0 radical (unpaired) electrons. The minimum absolute atomic E-state index is 0.0136. The first-order valence-corrected chi connectivity index (χ1v) is 5.61. The van der Waals surface area contributed by atoms with E-state index in [1.807, 2.05) is 20.8 Å². The second-order valence-electron chi connectivity index (χ2n) is 4.17. The highest BCUT2D eigenvalue weighted by Gasteiger charge is 2.21. The molecule has 96 valence electrons. The number of hydrogen-bond acceptors (Lipinski definition) is 2. The van der Waals surface area contributed by atoms with Gasteiger partial charge in [-0.1, -0.05) is 19.8 Å². The summed E-state index contributed by atoms with van der Waals surface area (Å²) < 4.78 is 0. The maximum absolute atomic E-state index is 12.0. The van der Waals surface area contributed by atoms with Crippen LogP contribution in [-0.2, 0) is 4.79 Å². The summed E-state index contributed by atoms with van der Waals surface area (Å²) in [5.41, 5.74) is 0. The van der Waals surface area contributed by atoms with Crippen LogP contribution in [0.4, 0.5) is 4.79 Å². The molecule has 0 aliphatic carbocycles. The Morgan fingerprint density at radius 3 is 2.29 bits per heavy atom. The molecule has 2 amide bonds. The van der Waals surface area contributed by atoms with E-state index in [4.69, 9.17) is 11.5 Å². The van der Waals surface area contributed by atoms with Gasteiger partial charge in [0.25, 0.3) is 0 Å². The largest absolute Gasteiger partial charge is 0.480 e. The van der Waals surface area contributed by atoms with E-state index in [-0.39, 0.29) is 19.1 Å². The van der Waals surface area contributed by atoms with Gasteiger partial charge in [0.1, 0.15) is 6.54 Å². The highest BCUT2D eigenvalue weighted by atomic mass is 16.4. The molecule has 0 unspecified atom stereocenters. The number of urea groups is 1. The van der Waals surface area contributed by atoms with Crippen molar-refractivity contribution < 1.29 is 14.7 Å². The van der Waals surface area contributed by atoms with Crippen LogP contribution in [0.5, 0.6) is 0 Å². The van der Waals surface area contributed by atoms with E-state index in [9.17, 15) is 9.59 Å². The molecule has 0 spiro atoms. The molecule has 0 bridgehead atoms. The average Bonchev–Trinajstić information content (AvgIpc) is 2.23. The Hall–Kier alpha value is -1.70. The minimum Gasteiger partial charge on any atom is -0.480 e. The normalized spacial score (nSPS) is 9.82. The van der Waals surface area contributed by atoms with Crippen molar-refractivity contribution in [3.05, 3.63) is 0 Å². The van der Waals surface area contributed by atoms with Gasteiger partial charge < -0.3 is 14.9 Å². The average molecular weight is 240 g/mol. The Kier molecular flexibility index (Phi) is 6.80. The molecular weight excluding hydrogens is 220 g/mol. The van der Waals surface area contributed by atoms with Crippen LogP contribution < -0.4 is 0 Å². The molecule has 0 rings (SSSR count). The van der Waals surface area contributed by atoms with Gasteiger partial charge in [0.2, 0.25) is 0 Å². The number of hydrogen-bond donors (Lipinski definition) is 1. The van der Waals surface area contributed by atoms with Crippen molar-refractivity contribution in [1.82, 2.24) is 9.80 Å². The highest BCUT2D eigenvalue weighted by molar-refractivity contribution is 5.80. The minimum atomic E-state index is -1.06. The number of terminal acetylenes is 1. The van der Waals surface area contributed by atoms with Gasteiger partial charge >= 0.3 is 12.0 Å². The third-order valence-corrected chi connectivity index (χ3v) is 2.12. The summed E-state index contributed by atoms with van der Waals surface area (Å²) in [5.74, 6) is 1.57. The van der Waals surface area contributed by atoms with Crippen molar-refractivity contribution in [2.45, 2.75) is 20.8 Å². The third-order valence-electron chi connectivity index (χ3n) is 2.12. The molecule has 0 saturated heterocycles. The predicted octanol–water partition coefficient (Wildman–Crippen LogP) is 1.10. The van der Waals surface area contributed by atoms with Crippen LogP contribution in [0.25, 0.3) is 0 Å². The number of carbonyl (C=O) groups excluding carboxylic acids is 1. The summed E-state index contributed by atoms with van der Waals surface area (Å²) in [6.45, 7) is 6.64. The number of amides is 2. The summed E-state index contributed by atoms with van der Waals surface area (Å²) in [6.07, 6.45) is 5.13. The van der Waals surface area contributed by atoms with Crippen molar-refractivity contribution >= 4 is 12.0 Å². The maximum atomic E-state index is 12.0. The van der Waals surface area contributed by atoms with Crippen molar-refractivity contribution in [1.29, 1.82) is 0 Å². The zero-order valence-corrected chi connectivity index (χ0v) is 10.6. The Balaban J connectivity index is 4.67. The summed E-state index contributed by atoms with van der Waals surface area (Å²) in [4.78, 5) is 25.4. The lowest BCUT2D eigenvalue weighted by Crippen LogP contribution is -2.46. The van der Waals surface area contributed by atoms with Gasteiger partial charge in [-0.2, -0.15) is 0 Å². The van der Waals surface area contributed by atoms with E-state index in [1.165, 1.54) is 0 Å². The molecule has 0 heterocycles. The van der Waals surface area contributed by atoms with Crippen molar-refractivity contribution in [2.75, 3.05) is 26.2 Å². The molecule has 0 aromatic rings. The molecule has 0 fully saturated rings. The number of carboxylic acids is 1. The zero-order chi connectivity index (χ0) is 13.4. The molecule has 0 aliphatic heterocycles. The van der Waals surface area contributed by atoms with Crippen LogP contribution in [0, 0.1) is 18.3 Å². The van der Waals surface area contributed by atoms with E-state index >= 15 is 0 Å². The molecule has 0 atom stereocenters. The molecule has 17 heavy (non-hydrogen) atoms. The van der Waals surface area contributed by atoms with Gasteiger partial charge in [-0.15, -0.1) is 6.42 Å². The van der Waals surface area contributed by atoms with E-state index in [1.54, 1.807) is 4.90 Å². The number of carboxylic acid groups (broad SMARTS) is 1. The SMILES string of the molecule is C#CCN(CC(=O)O)C(=O)N(CC)CC(C)C. The fourth-order valence-electron chi connectivity index (χ4n) is 1.45. The Bertz CT molecular complexity index is 307. The lowest BCUT2D eigenvalue weighted by molar-refractivity contribution is -0.137. The second kappa shape index (κ2) is 7.55. The smallest absolute Gasteiger partial charge is 0.323 e. The van der Waals surface area contributed by atoms with Gasteiger partial charge in [0, 0.05) is 13.1 Å². The van der Waals surface area contributed by atoms with Crippen LogP contribution in [0.3, 0.4) is 0 Å². The van der Waals surface area contributed by atoms with Crippen molar-refractivity contribution in [3.8, 4) is 12.3 Å². The van der Waals surface area contributed by atoms with Gasteiger partial charge in [-0.05, 0) is 12.8 Å². The topological polar surface area (TPSA) is 60.9 Å². The monoisotopic (exact) mass is 240 g/mol. The Morgan fingerprint density at radius 1 is 1.35 bits per heavy atom. The lowest BCUT2D eigenvalue weighted by atomic mass is 10.2. The quantitative estimate of drug-likeness (QED) is 0.707. The molecule has 0 aromatic carbocycles. The molecule has 5 heteroatoms. The first-order chi connectivity index (χ1) is 7.92. The number of rotatable bonds is 6. The van der Waals surface area contributed by atoms with E-state index in [0.717, 1.165) is 4.90 Å². The number of nitrogens with zero attached hydrogens (tertiary/aromatic N) is 2. The summed E-state index contributed by atoms with van der Waals surface area (Å²) in [6, 6.07) is -0.318. The predicted molar refractivity (Wildman–Crippen MR) is 65.5 cm³/mol. The van der Waals surface area contributed by atoms with E-state index < -0.39 is 5.97 Å². The van der Waals surface area contributed by atoms with Gasteiger partial charge in [0.15, 0.2) is 0 Å². The lowest BCUT2D eigenvalue weighted by Gasteiger charge is -2.29. The molecule has 0 aromatic heterocycles. The molecule has 5 nitrogen and oxygen atoms in total. The molecule has 1 N–H and O–H groups in total. The van der Waals surface area contributed by atoms with Gasteiger partial charge in [-0.25, -0.2) is 4.79 Å². The van der Waals surface area contributed by atoms with Crippen LogP contribution in [0.15, 0.2) is 0 Å². The molecule has 0 aliphatic rings. The van der Waals surface area contributed by atoms with Crippen LogP contribution in [0.1, 0.15) is 20.8 Å². The Labute approximate surface area is 102 Å². The Morgan fingerprint density at radius 2 is 1.94 bits per heavy atom. The maximum Gasteiger partial charge on any atom is 0.323 e. The number of carbonyl (C=O) groups is 2. The molecule has 0 saturated carbocycles. The second-order valence-corrected chi connectivity index (χ2v) is 4.17. The van der Waals surface area contributed by atoms with Crippen LogP contribution in [-0.4, -0.2) is 53.1 Å². The van der Waals surface area contributed by atoms with Crippen LogP contribution in [0.2, 0.25) is 0 Å². The summed E-state index contributed by atoms with van der Waals surface area (Å²) in [7, 11) is 0. The zero-order valence-electron chi connectivity index (χ0n) is 10.6. The standard InChI is InChI=1S/C12H20N2O3/c1-5-7-14(9-11(15)16)12(17)13(6-2)8-10(3)4/h1,10H,6-9H2,2-4H3,(H,15,16). The first kappa shape index (κ1) is 15.3. The van der Waals surface area contributed by atoms with Crippen molar-refractivity contribution in [2.24, 2.45) is 5.92 Å². The first-order valence-electron chi connectivity index (χ1n) is 5.61. The fraction of sp³-hybridized carbons (Fsp3) is 0.667. The summed E-state index contributed by atoms with van der Waals surface area (Å²) >= 11 is 0. The van der Waals surface area contributed by atoms with Gasteiger partial charge in [-0.3, -0.25) is 4.79 Å². The van der Waals surface area contributed by atoms with Gasteiger partial charge in [0.05, 0.1) is 6.54 Å². The fourth-order valence-corrected chi connectivity index (χ4v) is 1.45. The molecular formula is C12H20N2O3. The summed E-state index contributed by atoms with van der Waals surface area (Å²) in [5, 5.41) is 8.71. The van der Waals surface area contributed by atoms with Crippen molar-refractivity contribution in [3.63, 3.8) is 0 Å². The van der Waals surface area contributed by atoms with Crippen LogP contribution >= 0.6 is 0 Å². The number of aliphatic carboxylic acids is 1. The highest BCUT2D eigenvalue weighted by Crippen LogP contribution is 2.03.